The van der Waals surface area contributed by atoms with Gasteiger partial charge in [-0.3, -0.25) is 9.80 Å². The largest absolute Gasteiger partial charge is 0.313 e. The molecule has 1 aliphatic heterocycles. The molecular formula is C14H31N3. The van der Waals surface area contributed by atoms with E-state index in [0.717, 1.165) is 6.54 Å². The van der Waals surface area contributed by atoms with Crippen LogP contribution in [-0.4, -0.2) is 60.6 Å². The Balaban J connectivity index is 2.32. The minimum absolute atomic E-state index is 0.598. The van der Waals surface area contributed by atoms with Gasteiger partial charge in [-0.2, -0.15) is 0 Å². The lowest BCUT2D eigenvalue weighted by Gasteiger charge is -2.41. The van der Waals surface area contributed by atoms with Crippen LogP contribution in [0, 0.1) is 0 Å². The van der Waals surface area contributed by atoms with E-state index in [2.05, 4.69) is 49.7 Å². The van der Waals surface area contributed by atoms with E-state index in [1.807, 2.05) is 0 Å². The van der Waals surface area contributed by atoms with E-state index in [1.165, 1.54) is 32.6 Å². The van der Waals surface area contributed by atoms with Crippen molar-refractivity contribution in [1.29, 1.82) is 0 Å². The van der Waals surface area contributed by atoms with Gasteiger partial charge in [-0.1, -0.05) is 6.92 Å². The standard InChI is InChI=1S/C14H31N3/c1-6-7-15-13(4)14(5)17-10-8-16(9-11-17)12(2)3/h12-15H,6-11H2,1-5H3. The summed E-state index contributed by atoms with van der Waals surface area (Å²) < 4.78 is 0. The lowest BCUT2D eigenvalue weighted by atomic mass is 10.1. The van der Waals surface area contributed by atoms with E-state index in [-0.39, 0.29) is 0 Å². The van der Waals surface area contributed by atoms with Gasteiger partial charge in [0.05, 0.1) is 0 Å². The maximum atomic E-state index is 3.61. The third kappa shape index (κ3) is 4.57. The van der Waals surface area contributed by atoms with Crippen molar-refractivity contribution in [2.45, 2.75) is 59.2 Å². The zero-order valence-corrected chi connectivity index (χ0v) is 12.4. The molecule has 0 spiro atoms. The molecule has 0 aromatic carbocycles. The normalized spacial score (nSPS) is 22.9. The van der Waals surface area contributed by atoms with Gasteiger partial charge in [0.2, 0.25) is 0 Å². The first-order valence-corrected chi connectivity index (χ1v) is 7.27. The highest BCUT2D eigenvalue weighted by Crippen LogP contribution is 2.11. The highest BCUT2D eigenvalue weighted by atomic mass is 15.3. The fraction of sp³-hybridized carbons (Fsp3) is 1.00. The van der Waals surface area contributed by atoms with Crippen molar-refractivity contribution < 1.29 is 0 Å². The highest BCUT2D eigenvalue weighted by Gasteiger charge is 2.24. The Bertz CT molecular complexity index is 198. The molecule has 1 rings (SSSR count). The second-order valence-corrected chi connectivity index (χ2v) is 5.65. The van der Waals surface area contributed by atoms with E-state index >= 15 is 0 Å². The predicted octanol–water partition coefficient (Wildman–Crippen LogP) is 1.79. The van der Waals surface area contributed by atoms with Gasteiger partial charge in [0, 0.05) is 44.3 Å². The summed E-state index contributed by atoms with van der Waals surface area (Å²) in [5.74, 6) is 0. The number of piperazine rings is 1. The Morgan fingerprint density at radius 1 is 0.941 bits per heavy atom. The fourth-order valence-corrected chi connectivity index (χ4v) is 2.52. The molecule has 1 fully saturated rings. The Hall–Kier alpha value is -0.120. The Morgan fingerprint density at radius 2 is 1.47 bits per heavy atom. The zero-order valence-electron chi connectivity index (χ0n) is 12.4. The molecule has 2 atom stereocenters. The second-order valence-electron chi connectivity index (χ2n) is 5.65. The second kappa shape index (κ2) is 7.34. The van der Waals surface area contributed by atoms with Crippen LogP contribution in [0.1, 0.15) is 41.0 Å². The van der Waals surface area contributed by atoms with Crippen LogP contribution in [0.5, 0.6) is 0 Å². The van der Waals surface area contributed by atoms with Crippen molar-refractivity contribution in [1.82, 2.24) is 15.1 Å². The van der Waals surface area contributed by atoms with Crippen LogP contribution < -0.4 is 5.32 Å². The first-order chi connectivity index (χ1) is 8.06. The van der Waals surface area contributed by atoms with Crippen molar-refractivity contribution in [3.63, 3.8) is 0 Å². The van der Waals surface area contributed by atoms with Gasteiger partial charge in [0.1, 0.15) is 0 Å². The Morgan fingerprint density at radius 3 is 1.94 bits per heavy atom. The number of hydrogen-bond donors (Lipinski definition) is 1. The van der Waals surface area contributed by atoms with Crippen LogP contribution in [-0.2, 0) is 0 Å². The molecule has 0 aromatic heterocycles. The van der Waals surface area contributed by atoms with E-state index in [9.17, 15) is 0 Å². The van der Waals surface area contributed by atoms with Crippen LogP contribution >= 0.6 is 0 Å². The zero-order chi connectivity index (χ0) is 12.8. The van der Waals surface area contributed by atoms with Gasteiger partial charge in [-0.05, 0) is 40.7 Å². The molecule has 1 heterocycles. The summed E-state index contributed by atoms with van der Waals surface area (Å²) in [6.45, 7) is 17.5. The van der Waals surface area contributed by atoms with Gasteiger partial charge < -0.3 is 5.32 Å². The molecule has 1 aliphatic rings. The predicted molar refractivity (Wildman–Crippen MR) is 75.5 cm³/mol. The average molecular weight is 241 g/mol. The maximum Gasteiger partial charge on any atom is 0.0219 e. The van der Waals surface area contributed by atoms with Gasteiger partial charge >= 0.3 is 0 Å². The number of rotatable bonds is 6. The van der Waals surface area contributed by atoms with Crippen LogP contribution in [0.3, 0.4) is 0 Å². The van der Waals surface area contributed by atoms with Crippen molar-refractivity contribution in [3.8, 4) is 0 Å². The number of nitrogens with zero attached hydrogens (tertiary/aromatic N) is 2. The molecule has 0 amide bonds. The molecule has 0 saturated carbocycles. The molecular weight excluding hydrogens is 210 g/mol. The van der Waals surface area contributed by atoms with Crippen molar-refractivity contribution in [2.24, 2.45) is 0 Å². The third-order valence-corrected chi connectivity index (χ3v) is 4.10. The minimum Gasteiger partial charge on any atom is -0.313 e. The monoisotopic (exact) mass is 241 g/mol. The van der Waals surface area contributed by atoms with Crippen LogP contribution in [0.2, 0.25) is 0 Å². The van der Waals surface area contributed by atoms with E-state index < -0.39 is 0 Å². The summed E-state index contributed by atoms with van der Waals surface area (Å²) in [6, 6.07) is 1.94. The van der Waals surface area contributed by atoms with Crippen LogP contribution in [0.15, 0.2) is 0 Å². The molecule has 0 bridgehead atoms. The van der Waals surface area contributed by atoms with Gasteiger partial charge in [0.25, 0.3) is 0 Å². The highest BCUT2D eigenvalue weighted by molar-refractivity contribution is 4.83. The molecule has 1 saturated heterocycles. The molecule has 0 aromatic rings. The average Bonchev–Trinajstić information content (AvgIpc) is 2.35. The smallest absolute Gasteiger partial charge is 0.0219 e. The summed E-state index contributed by atoms with van der Waals surface area (Å²) in [7, 11) is 0. The Kier molecular flexibility index (Phi) is 6.45. The van der Waals surface area contributed by atoms with E-state index in [4.69, 9.17) is 0 Å². The quantitative estimate of drug-likeness (QED) is 0.765. The number of nitrogens with one attached hydrogen (secondary N) is 1. The summed E-state index contributed by atoms with van der Waals surface area (Å²) >= 11 is 0. The van der Waals surface area contributed by atoms with Crippen molar-refractivity contribution >= 4 is 0 Å². The molecule has 3 heteroatoms. The van der Waals surface area contributed by atoms with E-state index in [1.54, 1.807) is 0 Å². The first kappa shape index (κ1) is 14.9. The van der Waals surface area contributed by atoms with Gasteiger partial charge in [0.15, 0.2) is 0 Å². The SMILES string of the molecule is CCCNC(C)C(C)N1CCN(C(C)C)CC1. The summed E-state index contributed by atoms with van der Waals surface area (Å²) in [6.07, 6.45) is 1.22. The first-order valence-electron chi connectivity index (χ1n) is 7.27. The molecule has 1 N–H and O–H groups in total. The topological polar surface area (TPSA) is 18.5 Å². The fourth-order valence-electron chi connectivity index (χ4n) is 2.52. The Labute approximate surface area is 108 Å². The molecule has 17 heavy (non-hydrogen) atoms. The molecule has 102 valence electrons. The van der Waals surface area contributed by atoms with E-state index in [0.29, 0.717) is 18.1 Å². The molecule has 3 nitrogen and oxygen atoms in total. The van der Waals surface area contributed by atoms with Gasteiger partial charge in [-0.25, -0.2) is 0 Å². The summed E-state index contributed by atoms with van der Waals surface area (Å²) in [5.41, 5.74) is 0. The van der Waals surface area contributed by atoms with Crippen molar-refractivity contribution in [3.05, 3.63) is 0 Å². The molecule has 2 unspecified atom stereocenters. The maximum absolute atomic E-state index is 3.61. The molecule has 0 radical (unpaired) electrons. The third-order valence-electron chi connectivity index (χ3n) is 4.10. The van der Waals surface area contributed by atoms with Crippen molar-refractivity contribution in [2.75, 3.05) is 32.7 Å². The lowest BCUT2D eigenvalue weighted by molar-refractivity contribution is 0.0723. The van der Waals surface area contributed by atoms with Crippen LogP contribution in [0.4, 0.5) is 0 Å². The minimum atomic E-state index is 0.598. The lowest BCUT2D eigenvalue weighted by Crippen LogP contribution is -2.55. The molecule has 0 aliphatic carbocycles. The van der Waals surface area contributed by atoms with Gasteiger partial charge in [-0.15, -0.1) is 0 Å². The summed E-state index contributed by atoms with van der Waals surface area (Å²) in [5, 5.41) is 3.61. The van der Waals surface area contributed by atoms with Crippen LogP contribution in [0.25, 0.3) is 0 Å². The number of hydrogen-bond acceptors (Lipinski definition) is 3. The summed E-state index contributed by atoms with van der Waals surface area (Å²) in [4.78, 5) is 5.21.